The summed E-state index contributed by atoms with van der Waals surface area (Å²) in [6.07, 6.45) is -4.62. The average molecular weight is 436 g/mol. The number of thiophene rings is 1. The second kappa shape index (κ2) is 7.71. The lowest BCUT2D eigenvalue weighted by molar-refractivity contribution is -0.138. The number of hydrogen-bond acceptors (Lipinski definition) is 3. The van der Waals surface area contributed by atoms with E-state index in [1.54, 1.807) is 12.1 Å². The van der Waals surface area contributed by atoms with Crippen LogP contribution in [0.3, 0.4) is 0 Å². The number of nitrogens with zero attached hydrogens (tertiary/aromatic N) is 2. The highest BCUT2D eigenvalue weighted by atomic mass is 32.1. The van der Waals surface area contributed by atoms with Gasteiger partial charge < -0.3 is 9.80 Å². The Labute approximate surface area is 173 Å². The minimum Gasteiger partial charge on any atom is -0.335 e. The van der Waals surface area contributed by atoms with Crippen molar-refractivity contribution in [2.75, 3.05) is 26.2 Å². The molecule has 156 valence electrons. The molecule has 0 bridgehead atoms. The largest absolute Gasteiger partial charge is 0.417 e. The van der Waals surface area contributed by atoms with Crippen molar-refractivity contribution in [2.45, 2.75) is 6.18 Å². The van der Waals surface area contributed by atoms with E-state index in [1.807, 2.05) is 0 Å². The summed E-state index contributed by atoms with van der Waals surface area (Å²) < 4.78 is 54.1. The van der Waals surface area contributed by atoms with Crippen LogP contribution in [-0.4, -0.2) is 47.8 Å². The van der Waals surface area contributed by atoms with Crippen LogP contribution < -0.4 is 0 Å². The van der Waals surface area contributed by atoms with Gasteiger partial charge in [-0.15, -0.1) is 11.3 Å². The minimum absolute atomic E-state index is 0.121. The van der Waals surface area contributed by atoms with E-state index < -0.39 is 29.0 Å². The van der Waals surface area contributed by atoms with Gasteiger partial charge >= 0.3 is 6.18 Å². The molecule has 2 aromatic carbocycles. The Morgan fingerprint density at radius 2 is 1.50 bits per heavy atom. The van der Waals surface area contributed by atoms with Gasteiger partial charge in [0.05, 0.1) is 16.0 Å². The van der Waals surface area contributed by atoms with Crippen molar-refractivity contribution in [3.8, 4) is 0 Å². The maximum atomic E-state index is 13.9. The van der Waals surface area contributed by atoms with E-state index >= 15 is 0 Å². The first-order valence-corrected chi connectivity index (χ1v) is 10.00. The highest BCUT2D eigenvalue weighted by Gasteiger charge is 2.36. The van der Waals surface area contributed by atoms with Crippen LogP contribution in [-0.2, 0) is 6.18 Å². The van der Waals surface area contributed by atoms with Crippen molar-refractivity contribution in [1.82, 2.24) is 9.80 Å². The number of carbonyl (C=O) groups is 2. The number of carbonyl (C=O) groups excluding carboxylic acids is 2. The van der Waals surface area contributed by atoms with Gasteiger partial charge in [0.1, 0.15) is 5.82 Å². The number of alkyl halides is 3. The number of fused-ring (bicyclic) bond motifs is 1. The van der Waals surface area contributed by atoms with Crippen LogP contribution in [0.15, 0.2) is 48.5 Å². The first kappa shape index (κ1) is 20.3. The summed E-state index contributed by atoms with van der Waals surface area (Å²) >= 11 is 1.19. The molecule has 1 aromatic heterocycles. The van der Waals surface area contributed by atoms with Crippen molar-refractivity contribution in [3.05, 3.63) is 70.4 Å². The van der Waals surface area contributed by atoms with Crippen LogP contribution >= 0.6 is 11.3 Å². The molecule has 0 aliphatic carbocycles. The first-order chi connectivity index (χ1) is 14.3. The van der Waals surface area contributed by atoms with Gasteiger partial charge in [-0.1, -0.05) is 18.2 Å². The van der Waals surface area contributed by atoms with E-state index in [-0.39, 0.29) is 32.1 Å². The third kappa shape index (κ3) is 3.77. The third-order valence-corrected chi connectivity index (χ3v) is 6.12. The molecule has 0 unspecified atom stereocenters. The number of hydrogen-bond donors (Lipinski definition) is 0. The van der Waals surface area contributed by atoms with E-state index in [0.29, 0.717) is 15.0 Å². The van der Waals surface area contributed by atoms with Gasteiger partial charge in [-0.05, 0) is 30.3 Å². The topological polar surface area (TPSA) is 40.6 Å². The predicted octanol–water partition coefficient (Wildman–Crippen LogP) is 4.66. The summed E-state index contributed by atoms with van der Waals surface area (Å²) in [5, 5.41) is 0.378. The lowest BCUT2D eigenvalue weighted by Gasteiger charge is -2.35. The molecular weight excluding hydrogens is 420 g/mol. The van der Waals surface area contributed by atoms with Crippen LogP contribution in [0.1, 0.15) is 25.6 Å². The van der Waals surface area contributed by atoms with Gasteiger partial charge in [0.25, 0.3) is 11.8 Å². The number of amides is 2. The normalized spacial score (nSPS) is 14.9. The fraction of sp³-hybridized carbons (Fsp3) is 0.238. The smallest absolute Gasteiger partial charge is 0.335 e. The standard InChI is InChI=1S/C21H16F4N2O2S/c22-16-6-3-7-17-14(16)12-18(30-17)20(29)27-10-8-26(9-11-27)19(28)13-4-1-2-5-15(13)21(23,24)25/h1-7,12H,8-11H2. The first-order valence-electron chi connectivity index (χ1n) is 9.18. The molecule has 30 heavy (non-hydrogen) atoms. The summed E-state index contributed by atoms with van der Waals surface area (Å²) in [7, 11) is 0. The monoisotopic (exact) mass is 436 g/mol. The molecule has 2 heterocycles. The minimum atomic E-state index is -4.62. The highest BCUT2D eigenvalue weighted by Crippen LogP contribution is 2.33. The zero-order chi connectivity index (χ0) is 21.5. The molecule has 0 N–H and O–H groups in total. The Kier molecular flexibility index (Phi) is 5.23. The van der Waals surface area contributed by atoms with Crippen molar-refractivity contribution in [3.63, 3.8) is 0 Å². The molecule has 0 atom stereocenters. The molecule has 1 aliphatic heterocycles. The zero-order valence-electron chi connectivity index (χ0n) is 15.6. The molecule has 9 heteroatoms. The van der Waals surface area contributed by atoms with Gasteiger partial charge in [-0.2, -0.15) is 13.2 Å². The summed E-state index contributed by atoms with van der Waals surface area (Å²) in [6.45, 7) is 0.622. The summed E-state index contributed by atoms with van der Waals surface area (Å²) in [4.78, 5) is 28.7. The van der Waals surface area contributed by atoms with Gasteiger partial charge in [0.15, 0.2) is 0 Å². The van der Waals surface area contributed by atoms with Crippen LogP contribution in [0.4, 0.5) is 17.6 Å². The molecule has 2 amide bonds. The van der Waals surface area contributed by atoms with Crippen LogP contribution in [0.2, 0.25) is 0 Å². The van der Waals surface area contributed by atoms with E-state index in [0.717, 1.165) is 12.1 Å². The number of halogens is 4. The van der Waals surface area contributed by atoms with Crippen molar-refractivity contribution < 1.29 is 27.2 Å². The van der Waals surface area contributed by atoms with Crippen molar-refractivity contribution in [2.24, 2.45) is 0 Å². The van der Waals surface area contributed by atoms with Gasteiger partial charge in [0, 0.05) is 36.3 Å². The Bertz CT molecular complexity index is 1120. The highest BCUT2D eigenvalue weighted by molar-refractivity contribution is 7.20. The zero-order valence-corrected chi connectivity index (χ0v) is 16.4. The molecule has 0 radical (unpaired) electrons. The van der Waals surface area contributed by atoms with E-state index in [4.69, 9.17) is 0 Å². The lowest BCUT2D eigenvalue weighted by Crippen LogP contribution is -2.50. The van der Waals surface area contributed by atoms with Gasteiger partial charge in [-0.3, -0.25) is 9.59 Å². The summed E-state index contributed by atoms with van der Waals surface area (Å²) in [5.74, 6) is -1.39. The Balaban J connectivity index is 1.47. The molecule has 1 aliphatic rings. The number of rotatable bonds is 2. The SMILES string of the molecule is O=C(c1cc2c(F)cccc2s1)N1CCN(C(=O)c2ccccc2C(F)(F)F)CC1. The van der Waals surface area contributed by atoms with Crippen LogP contribution in [0.25, 0.3) is 10.1 Å². The Morgan fingerprint density at radius 1 is 0.867 bits per heavy atom. The van der Waals surface area contributed by atoms with Gasteiger partial charge in [0.2, 0.25) is 0 Å². The van der Waals surface area contributed by atoms with Gasteiger partial charge in [-0.25, -0.2) is 4.39 Å². The quantitative estimate of drug-likeness (QED) is 0.549. The molecule has 4 nitrogen and oxygen atoms in total. The van der Waals surface area contributed by atoms with Crippen molar-refractivity contribution >= 4 is 33.2 Å². The molecule has 1 fully saturated rings. The Hall–Kier alpha value is -2.94. The van der Waals surface area contributed by atoms with E-state index in [2.05, 4.69) is 0 Å². The van der Waals surface area contributed by atoms with Crippen LogP contribution in [0, 0.1) is 5.82 Å². The average Bonchev–Trinajstić information content (AvgIpc) is 3.18. The third-order valence-electron chi connectivity index (χ3n) is 5.04. The molecule has 1 saturated heterocycles. The number of piperazine rings is 1. The fourth-order valence-corrected chi connectivity index (χ4v) is 4.53. The second-order valence-electron chi connectivity index (χ2n) is 6.89. The molecule has 3 aromatic rings. The predicted molar refractivity (Wildman–Crippen MR) is 105 cm³/mol. The Morgan fingerprint density at radius 3 is 2.13 bits per heavy atom. The lowest BCUT2D eigenvalue weighted by atomic mass is 10.1. The fourth-order valence-electron chi connectivity index (χ4n) is 3.49. The number of benzene rings is 2. The summed E-state index contributed by atoms with van der Waals surface area (Å²) in [6, 6.07) is 10.8. The molecule has 4 rings (SSSR count). The van der Waals surface area contributed by atoms with E-state index in [1.165, 1.54) is 45.4 Å². The van der Waals surface area contributed by atoms with Crippen LogP contribution in [0.5, 0.6) is 0 Å². The maximum absolute atomic E-state index is 13.9. The maximum Gasteiger partial charge on any atom is 0.417 e. The molecule has 0 spiro atoms. The molecule has 0 saturated carbocycles. The van der Waals surface area contributed by atoms with Crippen molar-refractivity contribution in [1.29, 1.82) is 0 Å². The summed E-state index contributed by atoms with van der Waals surface area (Å²) in [5.41, 5.74) is -1.37. The second-order valence-corrected chi connectivity index (χ2v) is 7.97. The molecular formula is C21H16F4N2O2S. The van der Waals surface area contributed by atoms with E-state index in [9.17, 15) is 27.2 Å².